The SMILES string of the molecule is Oc1ccc2c(ccc3c4ccccc4c4ccccc4c23)c1. The third kappa shape index (κ3) is 1.68. The first-order valence-corrected chi connectivity index (χ1v) is 7.78. The van der Waals surface area contributed by atoms with Crippen LogP contribution in [0, 0.1) is 0 Å². The van der Waals surface area contributed by atoms with Crippen molar-refractivity contribution in [1.82, 2.24) is 0 Å². The minimum atomic E-state index is 0.307. The zero-order valence-electron chi connectivity index (χ0n) is 12.5. The molecule has 1 nitrogen and oxygen atoms in total. The minimum Gasteiger partial charge on any atom is -0.508 e. The van der Waals surface area contributed by atoms with Gasteiger partial charge in [-0.05, 0) is 55.2 Å². The zero-order valence-corrected chi connectivity index (χ0v) is 12.5. The van der Waals surface area contributed by atoms with Gasteiger partial charge < -0.3 is 5.11 Å². The highest BCUT2D eigenvalue weighted by molar-refractivity contribution is 6.31. The summed E-state index contributed by atoms with van der Waals surface area (Å²) in [7, 11) is 0. The largest absolute Gasteiger partial charge is 0.508 e. The van der Waals surface area contributed by atoms with E-state index in [2.05, 4.69) is 60.7 Å². The van der Waals surface area contributed by atoms with Crippen molar-refractivity contribution in [1.29, 1.82) is 0 Å². The van der Waals surface area contributed by atoms with Gasteiger partial charge in [-0.25, -0.2) is 0 Å². The summed E-state index contributed by atoms with van der Waals surface area (Å²) >= 11 is 0. The van der Waals surface area contributed by atoms with E-state index in [1.54, 1.807) is 6.07 Å². The molecule has 0 aliphatic rings. The molecule has 0 heterocycles. The van der Waals surface area contributed by atoms with Gasteiger partial charge in [-0.2, -0.15) is 0 Å². The molecule has 1 heteroatoms. The van der Waals surface area contributed by atoms with E-state index in [1.807, 2.05) is 12.1 Å². The van der Waals surface area contributed by atoms with Gasteiger partial charge in [0.1, 0.15) is 5.75 Å². The van der Waals surface area contributed by atoms with Crippen LogP contribution in [0.2, 0.25) is 0 Å². The third-order valence-electron chi connectivity index (χ3n) is 4.71. The highest BCUT2D eigenvalue weighted by atomic mass is 16.3. The minimum absolute atomic E-state index is 0.307. The number of rotatable bonds is 0. The second kappa shape index (κ2) is 4.47. The zero-order chi connectivity index (χ0) is 15.4. The summed E-state index contributed by atoms with van der Waals surface area (Å²) < 4.78 is 0. The van der Waals surface area contributed by atoms with Gasteiger partial charge >= 0.3 is 0 Å². The molecule has 0 radical (unpaired) electrons. The Kier molecular flexibility index (Phi) is 2.42. The van der Waals surface area contributed by atoms with Crippen LogP contribution in [0.4, 0.5) is 0 Å². The fraction of sp³-hybridized carbons (Fsp3) is 0. The van der Waals surface area contributed by atoms with Crippen molar-refractivity contribution >= 4 is 43.1 Å². The number of hydrogen-bond donors (Lipinski definition) is 1. The summed E-state index contributed by atoms with van der Waals surface area (Å²) in [5.74, 6) is 0.307. The number of aromatic hydroxyl groups is 1. The van der Waals surface area contributed by atoms with Gasteiger partial charge in [0.25, 0.3) is 0 Å². The molecule has 0 spiro atoms. The molecule has 5 aromatic carbocycles. The molecule has 0 fully saturated rings. The van der Waals surface area contributed by atoms with E-state index in [0.29, 0.717) is 5.75 Å². The van der Waals surface area contributed by atoms with Crippen LogP contribution in [0.15, 0.2) is 78.9 Å². The Bertz CT molecular complexity index is 1180. The molecule has 0 aliphatic heterocycles. The average molecular weight is 294 g/mol. The van der Waals surface area contributed by atoms with E-state index in [0.717, 1.165) is 5.39 Å². The molecule has 23 heavy (non-hydrogen) atoms. The van der Waals surface area contributed by atoms with Crippen molar-refractivity contribution < 1.29 is 5.11 Å². The number of phenolic OH excluding ortho intramolecular Hbond substituents is 1. The van der Waals surface area contributed by atoms with Gasteiger partial charge in [0.2, 0.25) is 0 Å². The lowest BCUT2D eigenvalue weighted by atomic mass is 9.91. The van der Waals surface area contributed by atoms with Crippen molar-refractivity contribution in [3.63, 3.8) is 0 Å². The van der Waals surface area contributed by atoms with E-state index in [1.165, 1.54) is 37.7 Å². The normalized spacial score (nSPS) is 11.7. The maximum absolute atomic E-state index is 9.79. The van der Waals surface area contributed by atoms with Crippen LogP contribution in [-0.2, 0) is 0 Å². The first-order chi connectivity index (χ1) is 11.3. The fourth-order valence-electron chi connectivity index (χ4n) is 3.72. The first-order valence-electron chi connectivity index (χ1n) is 7.78. The predicted molar refractivity (Wildman–Crippen MR) is 98.1 cm³/mol. The van der Waals surface area contributed by atoms with Crippen LogP contribution in [0.5, 0.6) is 5.75 Å². The Labute approximate surface area is 133 Å². The van der Waals surface area contributed by atoms with Gasteiger partial charge in [-0.15, -0.1) is 0 Å². The fourth-order valence-corrected chi connectivity index (χ4v) is 3.72. The number of hydrogen-bond acceptors (Lipinski definition) is 1. The predicted octanol–water partition coefficient (Wildman–Crippen LogP) is 6.01. The highest BCUT2D eigenvalue weighted by Crippen LogP contribution is 2.39. The van der Waals surface area contributed by atoms with Crippen molar-refractivity contribution in [3.8, 4) is 5.75 Å². The molecule has 5 rings (SSSR count). The maximum atomic E-state index is 9.79. The van der Waals surface area contributed by atoms with Crippen molar-refractivity contribution in [2.75, 3.05) is 0 Å². The van der Waals surface area contributed by atoms with Crippen LogP contribution < -0.4 is 0 Å². The summed E-state index contributed by atoms with van der Waals surface area (Å²) in [4.78, 5) is 0. The molecule has 0 saturated carbocycles. The van der Waals surface area contributed by atoms with Gasteiger partial charge in [0, 0.05) is 0 Å². The van der Waals surface area contributed by atoms with E-state index >= 15 is 0 Å². The Balaban J connectivity index is 2.19. The van der Waals surface area contributed by atoms with Crippen molar-refractivity contribution in [3.05, 3.63) is 78.9 Å². The molecule has 0 aliphatic carbocycles. The second-order valence-corrected chi connectivity index (χ2v) is 5.98. The number of phenols is 1. The van der Waals surface area contributed by atoms with E-state index in [9.17, 15) is 5.11 Å². The Morgan fingerprint density at radius 3 is 1.70 bits per heavy atom. The third-order valence-corrected chi connectivity index (χ3v) is 4.71. The molecule has 5 aromatic rings. The highest BCUT2D eigenvalue weighted by Gasteiger charge is 2.10. The molecule has 0 amide bonds. The molecule has 0 unspecified atom stereocenters. The Morgan fingerprint density at radius 1 is 0.478 bits per heavy atom. The van der Waals surface area contributed by atoms with Gasteiger partial charge in [-0.1, -0.05) is 66.7 Å². The van der Waals surface area contributed by atoms with Gasteiger partial charge in [0.15, 0.2) is 0 Å². The summed E-state index contributed by atoms with van der Waals surface area (Å²) in [6.07, 6.45) is 0. The standard InChI is InChI=1S/C22H14O/c23-15-10-12-16-14(13-15)9-11-21-19-7-2-1-5-17(19)18-6-3-4-8-20(18)22(16)21/h1-13,23H. The van der Waals surface area contributed by atoms with E-state index in [-0.39, 0.29) is 0 Å². The van der Waals surface area contributed by atoms with E-state index < -0.39 is 0 Å². The number of benzene rings is 5. The molecular formula is C22H14O. The van der Waals surface area contributed by atoms with Gasteiger partial charge in [0.05, 0.1) is 0 Å². The Morgan fingerprint density at radius 2 is 1.00 bits per heavy atom. The van der Waals surface area contributed by atoms with Crippen molar-refractivity contribution in [2.45, 2.75) is 0 Å². The Hall–Kier alpha value is -3.06. The van der Waals surface area contributed by atoms with Crippen LogP contribution in [-0.4, -0.2) is 5.11 Å². The molecule has 0 atom stereocenters. The first kappa shape index (κ1) is 12.5. The summed E-state index contributed by atoms with van der Waals surface area (Å²) in [5, 5.41) is 19.7. The maximum Gasteiger partial charge on any atom is 0.116 e. The molecule has 0 aromatic heterocycles. The van der Waals surface area contributed by atoms with Gasteiger partial charge in [-0.3, -0.25) is 0 Å². The topological polar surface area (TPSA) is 20.2 Å². The van der Waals surface area contributed by atoms with Crippen LogP contribution >= 0.6 is 0 Å². The van der Waals surface area contributed by atoms with Crippen molar-refractivity contribution in [2.24, 2.45) is 0 Å². The lowest BCUT2D eigenvalue weighted by molar-refractivity contribution is 0.476. The summed E-state index contributed by atoms with van der Waals surface area (Å²) in [6, 6.07) is 27.0. The molecule has 1 N–H and O–H groups in total. The lowest BCUT2D eigenvalue weighted by Crippen LogP contribution is -1.84. The lowest BCUT2D eigenvalue weighted by Gasteiger charge is -2.12. The second-order valence-electron chi connectivity index (χ2n) is 5.98. The number of fused-ring (bicyclic) bond motifs is 8. The smallest absolute Gasteiger partial charge is 0.116 e. The molecular weight excluding hydrogens is 280 g/mol. The molecule has 0 bridgehead atoms. The van der Waals surface area contributed by atoms with Crippen LogP contribution in [0.1, 0.15) is 0 Å². The average Bonchev–Trinajstić information content (AvgIpc) is 2.61. The van der Waals surface area contributed by atoms with Crippen LogP contribution in [0.25, 0.3) is 43.1 Å². The van der Waals surface area contributed by atoms with Crippen LogP contribution in [0.3, 0.4) is 0 Å². The summed E-state index contributed by atoms with van der Waals surface area (Å²) in [5.41, 5.74) is 0. The molecule has 0 saturated heterocycles. The summed E-state index contributed by atoms with van der Waals surface area (Å²) in [6.45, 7) is 0. The quantitative estimate of drug-likeness (QED) is 0.347. The molecule has 108 valence electrons. The monoisotopic (exact) mass is 294 g/mol. The van der Waals surface area contributed by atoms with E-state index in [4.69, 9.17) is 0 Å².